The molecule has 0 aliphatic carbocycles. The van der Waals surface area contributed by atoms with E-state index in [0.717, 1.165) is 17.3 Å². The lowest BCUT2D eigenvalue weighted by Gasteiger charge is -2.35. The van der Waals surface area contributed by atoms with Gasteiger partial charge in [-0.3, -0.25) is 4.79 Å². The fourth-order valence-electron chi connectivity index (χ4n) is 3.79. The summed E-state index contributed by atoms with van der Waals surface area (Å²) >= 11 is 0. The van der Waals surface area contributed by atoms with Gasteiger partial charge in [0, 0.05) is 37.9 Å². The molecule has 3 aromatic rings. The van der Waals surface area contributed by atoms with E-state index < -0.39 is 0 Å². The minimum absolute atomic E-state index is 0.0648. The first-order chi connectivity index (χ1) is 14.0. The number of nitrogens with zero attached hydrogens (tertiary/aromatic N) is 4. The SMILES string of the molecule is Cc1cc(C)c(Nc2cc(N3CCN(C(=O)c4ccco4)CC3)ncn2)c(C)c1. The second-order valence-corrected chi connectivity index (χ2v) is 7.42. The molecule has 1 N–H and O–H groups in total. The summed E-state index contributed by atoms with van der Waals surface area (Å²) in [6, 6.07) is 9.71. The minimum atomic E-state index is -0.0648. The maximum atomic E-state index is 12.4. The van der Waals surface area contributed by atoms with Gasteiger partial charge in [-0.2, -0.15) is 0 Å². The zero-order chi connectivity index (χ0) is 20.4. The molecule has 0 atom stereocenters. The standard InChI is InChI=1S/C22H25N5O2/c1-15-11-16(2)21(17(3)12-15)25-19-13-20(24-14-23-19)26-6-8-27(9-7-26)22(28)18-5-4-10-29-18/h4-5,10-14H,6-9H2,1-3H3,(H,23,24,25). The molecule has 29 heavy (non-hydrogen) atoms. The number of piperazine rings is 1. The van der Waals surface area contributed by atoms with Gasteiger partial charge in [-0.1, -0.05) is 17.7 Å². The van der Waals surface area contributed by atoms with Crippen molar-refractivity contribution in [3.05, 3.63) is 65.4 Å². The molecule has 0 saturated carbocycles. The molecule has 7 heteroatoms. The average Bonchev–Trinajstić information content (AvgIpc) is 3.25. The third-order valence-electron chi connectivity index (χ3n) is 5.21. The fourth-order valence-corrected chi connectivity index (χ4v) is 3.79. The predicted molar refractivity (Wildman–Crippen MR) is 113 cm³/mol. The molecule has 1 saturated heterocycles. The van der Waals surface area contributed by atoms with Gasteiger partial charge in [0.05, 0.1) is 6.26 Å². The maximum Gasteiger partial charge on any atom is 0.289 e. The summed E-state index contributed by atoms with van der Waals surface area (Å²) in [5, 5.41) is 3.44. The van der Waals surface area contributed by atoms with Gasteiger partial charge >= 0.3 is 0 Å². The van der Waals surface area contributed by atoms with Crippen molar-refractivity contribution in [1.29, 1.82) is 0 Å². The molecule has 0 unspecified atom stereocenters. The lowest BCUT2D eigenvalue weighted by atomic mass is 10.1. The number of furan rings is 1. The quantitative estimate of drug-likeness (QED) is 0.731. The molecule has 1 aliphatic heterocycles. The number of nitrogens with one attached hydrogen (secondary N) is 1. The van der Waals surface area contributed by atoms with E-state index in [9.17, 15) is 4.79 Å². The summed E-state index contributed by atoms with van der Waals surface area (Å²) in [5.74, 6) is 1.94. The largest absolute Gasteiger partial charge is 0.459 e. The molecule has 1 aromatic carbocycles. The first kappa shape index (κ1) is 19.0. The molecule has 150 valence electrons. The van der Waals surface area contributed by atoms with Crippen LogP contribution in [0.25, 0.3) is 0 Å². The van der Waals surface area contributed by atoms with E-state index in [2.05, 4.69) is 53.1 Å². The van der Waals surface area contributed by atoms with Gasteiger partial charge in [0.15, 0.2) is 5.76 Å². The van der Waals surface area contributed by atoms with Gasteiger partial charge < -0.3 is 19.5 Å². The number of aromatic nitrogens is 2. The molecule has 0 spiro atoms. The first-order valence-corrected chi connectivity index (χ1v) is 9.76. The Kier molecular flexibility index (Phi) is 5.20. The van der Waals surface area contributed by atoms with Gasteiger partial charge in [0.1, 0.15) is 18.0 Å². The number of aryl methyl sites for hydroxylation is 3. The molecule has 7 nitrogen and oxygen atoms in total. The molecule has 3 heterocycles. The molecule has 2 aromatic heterocycles. The van der Waals surface area contributed by atoms with Gasteiger partial charge in [0.25, 0.3) is 5.91 Å². The summed E-state index contributed by atoms with van der Waals surface area (Å²) in [6.45, 7) is 8.98. The van der Waals surface area contributed by atoms with Crippen molar-refractivity contribution in [3.8, 4) is 0 Å². The second-order valence-electron chi connectivity index (χ2n) is 7.42. The van der Waals surface area contributed by atoms with E-state index in [1.807, 2.05) is 11.0 Å². The predicted octanol–water partition coefficient (Wildman–Crippen LogP) is 3.70. The monoisotopic (exact) mass is 391 g/mol. The summed E-state index contributed by atoms with van der Waals surface area (Å²) in [4.78, 5) is 25.2. The zero-order valence-electron chi connectivity index (χ0n) is 17.0. The second kappa shape index (κ2) is 7.95. The van der Waals surface area contributed by atoms with Crippen LogP contribution in [0.5, 0.6) is 0 Å². The zero-order valence-corrected chi connectivity index (χ0v) is 17.0. The molecule has 1 fully saturated rings. The van der Waals surface area contributed by atoms with Gasteiger partial charge in [-0.25, -0.2) is 9.97 Å². The van der Waals surface area contributed by atoms with Crippen molar-refractivity contribution in [1.82, 2.24) is 14.9 Å². The summed E-state index contributed by atoms with van der Waals surface area (Å²) < 4.78 is 5.23. The Labute approximate surface area is 170 Å². The Hall–Kier alpha value is -3.35. The highest BCUT2D eigenvalue weighted by atomic mass is 16.3. The molecule has 4 rings (SSSR count). The smallest absolute Gasteiger partial charge is 0.289 e. The van der Waals surface area contributed by atoms with Crippen molar-refractivity contribution in [2.24, 2.45) is 0 Å². The highest BCUT2D eigenvalue weighted by Crippen LogP contribution is 2.26. The Morgan fingerprint density at radius 2 is 1.76 bits per heavy atom. The number of amides is 1. The van der Waals surface area contributed by atoms with Crippen molar-refractivity contribution >= 4 is 23.2 Å². The van der Waals surface area contributed by atoms with Crippen molar-refractivity contribution in [2.45, 2.75) is 20.8 Å². The van der Waals surface area contributed by atoms with Crippen LogP contribution in [0.1, 0.15) is 27.2 Å². The van der Waals surface area contributed by atoms with Crippen molar-refractivity contribution < 1.29 is 9.21 Å². The van der Waals surface area contributed by atoms with Crippen LogP contribution < -0.4 is 10.2 Å². The Morgan fingerprint density at radius 1 is 1.03 bits per heavy atom. The molecule has 0 bridgehead atoms. The van der Waals surface area contributed by atoms with Crippen LogP contribution in [0.2, 0.25) is 0 Å². The number of rotatable bonds is 4. The number of benzene rings is 1. The lowest BCUT2D eigenvalue weighted by molar-refractivity contribution is 0.0714. The van der Waals surface area contributed by atoms with E-state index in [0.29, 0.717) is 31.9 Å². The summed E-state index contributed by atoms with van der Waals surface area (Å²) in [7, 11) is 0. The number of hydrogen-bond donors (Lipinski definition) is 1. The Morgan fingerprint density at radius 3 is 2.41 bits per heavy atom. The van der Waals surface area contributed by atoms with Crippen LogP contribution in [0.4, 0.5) is 17.3 Å². The Bertz CT molecular complexity index is 985. The van der Waals surface area contributed by atoms with Crippen LogP contribution in [-0.4, -0.2) is 47.0 Å². The van der Waals surface area contributed by atoms with Crippen molar-refractivity contribution in [2.75, 3.05) is 36.4 Å². The summed E-state index contributed by atoms with van der Waals surface area (Å²) in [5.41, 5.74) is 4.70. The van der Waals surface area contributed by atoms with E-state index >= 15 is 0 Å². The number of hydrogen-bond acceptors (Lipinski definition) is 6. The number of carbonyl (C=O) groups is 1. The van der Waals surface area contributed by atoms with Crippen LogP contribution in [0, 0.1) is 20.8 Å². The highest BCUT2D eigenvalue weighted by molar-refractivity contribution is 5.91. The van der Waals surface area contributed by atoms with Crippen LogP contribution in [0.15, 0.2) is 47.3 Å². The lowest BCUT2D eigenvalue weighted by Crippen LogP contribution is -2.49. The number of anilines is 3. The molecule has 1 amide bonds. The normalized spacial score (nSPS) is 14.2. The van der Waals surface area contributed by atoms with E-state index in [1.54, 1.807) is 18.5 Å². The third kappa shape index (κ3) is 4.08. The maximum absolute atomic E-state index is 12.4. The minimum Gasteiger partial charge on any atom is -0.459 e. The van der Waals surface area contributed by atoms with Crippen LogP contribution >= 0.6 is 0 Å². The van der Waals surface area contributed by atoms with E-state index in [1.165, 1.54) is 23.0 Å². The van der Waals surface area contributed by atoms with Gasteiger partial charge in [-0.05, 0) is 44.0 Å². The van der Waals surface area contributed by atoms with Crippen LogP contribution in [0.3, 0.4) is 0 Å². The Balaban J connectivity index is 1.44. The molecular formula is C22H25N5O2. The van der Waals surface area contributed by atoms with E-state index in [-0.39, 0.29) is 5.91 Å². The third-order valence-corrected chi connectivity index (χ3v) is 5.21. The van der Waals surface area contributed by atoms with Crippen molar-refractivity contribution in [3.63, 3.8) is 0 Å². The van der Waals surface area contributed by atoms with Gasteiger partial charge in [-0.15, -0.1) is 0 Å². The van der Waals surface area contributed by atoms with Crippen LogP contribution in [-0.2, 0) is 0 Å². The fraction of sp³-hybridized carbons (Fsp3) is 0.318. The summed E-state index contributed by atoms with van der Waals surface area (Å²) in [6.07, 6.45) is 3.10. The molecule has 1 aliphatic rings. The number of carbonyl (C=O) groups excluding carboxylic acids is 1. The molecule has 0 radical (unpaired) electrons. The van der Waals surface area contributed by atoms with E-state index in [4.69, 9.17) is 4.42 Å². The highest BCUT2D eigenvalue weighted by Gasteiger charge is 2.24. The first-order valence-electron chi connectivity index (χ1n) is 9.76. The van der Waals surface area contributed by atoms with Gasteiger partial charge in [0.2, 0.25) is 0 Å². The average molecular weight is 391 g/mol. The molecular weight excluding hydrogens is 366 g/mol. The topological polar surface area (TPSA) is 74.5 Å².